The third-order valence-corrected chi connectivity index (χ3v) is 5.06. The zero-order chi connectivity index (χ0) is 15.2. The van der Waals surface area contributed by atoms with Gasteiger partial charge >= 0.3 is 0 Å². The molecule has 1 fully saturated rings. The summed E-state index contributed by atoms with van der Waals surface area (Å²) in [6.07, 6.45) is 10.3. The van der Waals surface area contributed by atoms with Crippen molar-refractivity contribution < 1.29 is 4.79 Å². The molecule has 7 heteroatoms. The number of aromatic nitrogens is 4. The summed E-state index contributed by atoms with van der Waals surface area (Å²) in [7, 11) is 0. The maximum Gasteiger partial charge on any atom is 0.230 e. The molecule has 3 rings (SSSR count). The lowest BCUT2D eigenvalue weighted by molar-refractivity contribution is -0.118. The first-order valence-corrected chi connectivity index (χ1v) is 8.56. The van der Waals surface area contributed by atoms with E-state index in [4.69, 9.17) is 0 Å². The summed E-state index contributed by atoms with van der Waals surface area (Å²) in [5, 5.41) is 11.7. The van der Waals surface area contributed by atoms with Gasteiger partial charge in [0.05, 0.1) is 24.2 Å². The molecule has 0 aromatic carbocycles. The maximum absolute atomic E-state index is 11.9. The van der Waals surface area contributed by atoms with Gasteiger partial charge in [-0.15, -0.1) is 16.9 Å². The highest BCUT2D eigenvalue weighted by molar-refractivity contribution is 8.00. The maximum atomic E-state index is 11.9. The Morgan fingerprint density at radius 1 is 1.32 bits per heavy atom. The summed E-state index contributed by atoms with van der Waals surface area (Å²) < 4.78 is 1.68. The van der Waals surface area contributed by atoms with Crippen LogP contribution in [0.5, 0.6) is 0 Å². The fourth-order valence-electron chi connectivity index (χ4n) is 2.49. The number of nitrogens with one attached hydrogen (secondary N) is 1. The molecule has 0 unspecified atom stereocenters. The lowest BCUT2D eigenvalue weighted by Crippen LogP contribution is -2.25. The van der Waals surface area contributed by atoms with Crippen LogP contribution in [0.4, 0.5) is 0 Å². The van der Waals surface area contributed by atoms with E-state index < -0.39 is 0 Å². The minimum atomic E-state index is 0.0651. The molecule has 1 amide bonds. The lowest BCUT2D eigenvalue weighted by atomic mass is 10.4. The number of pyridine rings is 1. The molecule has 2 aromatic heterocycles. The van der Waals surface area contributed by atoms with Gasteiger partial charge in [-0.05, 0) is 25.0 Å². The van der Waals surface area contributed by atoms with Crippen LogP contribution in [0.15, 0.2) is 30.7 Å². The first-order valence-electron chi connectivity index (χ1n) is 7.51. The molecule has 116 valence electrons. The Morgan fingerprint density at radius 3 is 2.86 bits per heavy atom. The average Bonchev–Trinajstić information content (AvgIpc) is 3.23. The molecule has 0 atom stereocenters. The lowest BCUT2D eigenvalue weighted by Gasteiger charge is -2.08. The molecule has 1 aliphatic rings. The number of carbonyl (C=O) groups excluding carboxylic acids is 1. The van der Waals surface area contributed by atoms with Crippen LogP contribution in [0.3, 0.4) is 0 Å². The van der Waals surface area contributed by atoms with Gasteiger partial charge in [-0.25, -0.2) is 4.68 Å². The van der Waals surface area contributed by atoms with Gasteiger partial charge in [-0.3, -0.25) is 9.78 Å². The second kappa shape index (κ2) is 7.40. The van der Waals surface area contributed by atoms with E-state index in [0.29, 0.717) is 17.5 Å². The van der Waals surface area contributed by atoms with Crippen LogP contribution in [0.2, 0.25) is 0 Å². The van der Waals surface area contributed by atoms with Gasteiger partial charge in [0.25, 0.3) is 0 Å². The van der Waals surface area contributed by atoms with Gasteiger partial charge < -0.3 is 5.32 Å². The molecule has 1 aliphatic carbocycles. The van der Waals surface area contributed by atoms with E-state index >= 15 is 0 Å². The molecule has 0 aliphatic heterocycles. The van der Waals surface area contributed by atoms with E-state index in [0.717, 1.165) is 11.4 Å². The third kappa shape index (κ3) is 4.07. The van der Waals surface area contributed by atoms with Gasteiger partial charge in [0, 0.05) is 17.6 Å². The predicted octanol–water partition coefficient (Wildman–Crippen LogP) is 1.95. The van der Waals surface area contributed by atoms with Crippen molar-refractivity contribution in [2.45, 2.75) is 37.5 Å². The number of rotatable bonds is 6. The van der Waals surface area contributed by atoms with E-state index in [2.05, 4.69) is 20.6 Å². The number of amides is 1. The molecule has 1 N–H and O–H groups in total. The third-order valence-electron chi connectivity index (χ3n) is 3.69. The summed E-state index contributed by atoms with van der Waals surface area (Å²) in [6, 6.07) is 3.71. The predicted molar refractivity (Wildman–Crippen MR) is 85.7 cm³/mol. The van der Waals surface area contributed by atoms with Crippen LogP contribution in [0.25, 0.3) is 5.69 Å². The Labute approximate surface area is 133 Å². The van der Waals surface area contributed by atoms with Crippen molar-refractivity contribution in [1.82, 2.24) is 25.3 Å². The highest BCUT2D eigenvalue weighted by Gasteiger charge is 2.16. The molecular weight excluding hydrogens is 298 g/mol. The van der Waals surface area contributed by atoms with Crippen molar-refractivity contribution in [2.75, 3.05) is 5.75 Å². The van der Waals surface area contributed by atoms with Gasteiger partial charge in [-0.1, -0.05) is 18.1 Å². The number of thioether (sulfide) groups is 1. The second-order valence-electron chi connectivity index (χ2n) is 5.35. The van der Waals surface area contributed by atoms with Crippen molar-refractivity contribution in [3.8, 4) is 5.69 Å². The molecule has 2 heterocycles. The number of nitrogens with zero attached hydrogens (tertiary/aromatic N) is 4. The Morgan fingerprint density at radius 2 is 2.09 bits per heavy atom. The van der Waals surface area contributed by atoms with Crippen LogP contribution in [0, 0.1) is 0 Å². The Bertz CT molecular complexity index is 609. The van der Waals surface area contributed by atoms with E-state index in [-0.39, 0.29) is 5.91 Å². The van der Waals surface area contributed by atoms with Crippen LogP contribution in [0.1, 0.15) is 31.4 Å². The fourth-order valence-corrected chi connectivity index (χ4v) is 3.65. The van der Waals surface area contributed by atoms with Crippen LogP contribution in [-0.4, -0.2) is 36.9 Å². The molecule has 6 nitrogen and oxygen atoms in total. The zero-order valence-electron chi connectivity index (χ0n) is 12.3. The van der Waals surface area contributed by atoms with Crippen molar-refractivity contribution >= 4 is 17.7 Å². The Kier molecular flexibility index (Phi) is 5.05. The molecule has 1 saturated carbocycles. The molecule has 2 aromatic rings. The Hall–Kier alpha value is -1.89. The van der Waals surface area contributed by atoms with Gasteiger partial charge in [0.15, 0.2) is 0 Å². The Balaban J connectivity index is 1.45. The number of hydrogen-bond acceptors (Lipinski definition) is 5. The van der Waals surface area contributed by atoms with Crippen LogP contribution < -0.4 is 5.32 Å². The van der Waals surface area contributed by atoms with E-state index in [1.54, 1.807) is 28.8 Å². The number of carbonyl (C=O) groups is 1. The normalized spacial score (nSPS) is 15.1. The SMILES string of the molecule is O=C(CSC1CCCC1)NCc1cn(-c2ccncc2)nn1. The highest BCUT2D eigenvalue weighted by Crippen LogP contribution is 2.28. The quantitative estimate of drug-likeness (QED) is 0.881. The van der Waals surface area contributed by atoms with Crippen molar-refractivity contribution in [1.29, 1.82) is 0 Å². The second-order valence-corrected chi connectivity index (χ2v) is 6.64. The molecule has 0 bridgehead atoms. The van der Waals surface area contributed by atoms with Crippen LogP contribution in [-0.2, 0) is 11.3 Å². The van der Waals surface area contributed by atoms with Gasteiger partial charge in [0.2, 0.25) is 5.91 Å². The fraction of sp³-hybridized carbons (Fsp3) is 0.467. The summed E-state index contributed by atoms with van der Waals surface area (Å²) in [5.41, 5.74) is 1.65. The van der Waals surface area contributed by atoms with E-state index in [1.165, 1.54) is 25.7 Å². The smallest absolute Gasteiger partial charge is 0.230 e. The van der Waals surface area contributed by atoms with Crippen molar-refractivity contribution in [2.24, 2.45) is 0 Å². The molecule has 0 spiro atoms. The zero-order valence-corrected chi connectivity index (χ0v) is 13.1. The summed E-state index contributed by atoms with van der Waals surface area (Å²) >= 11 is 1.77. The van der Waals surface area contributed by atoms with Crippen molar-refractivity contribution in [3.63, 3.8) is 0 Å². The standard InChI is InChI=1S/C15H19N5OS/c21-15(11-22-14-3-1-2-4-14)17-9-12-10-20(19-18-12)13-5-7-16-8-6-13/h5-8,10,14H,1-4,9,11H2,(H,17,21). The first-order chi connectivity index (χ1) is 10.8. The van der Waals surface area contributed by atoms with Crippen molar-refractivity contribution in [3.05, 3.63) is 36.4 Å². The van der Waals surface area contributed by atoms with E-state index in [1.807, 2.05) is 18.3 Å². The van der Waals surface area contributed by atoms with Crippen LogP contribution >= 0.6 is 11.8 Å². The average molecular weight is 317 g/mol. The van der Waals surface area contributed by atoms with Gasteiger partial charge in [-0.2, -0.15) is 0 Å². The summed E-state index contributed by atoms with van der Waals surface area (Å²) in [5.74, 6) is 0.596. The molecular formula is C15H19N5OS. The monoisotopic (exact) mass is 317 g/mol. The highest BCUT2D eigenvalue weighted by atomic mass is 32.2. The van der Waals surface area contributed by atoms with E-state index in [9.17, 15) is 4.79 Å². The topological polar surface area (TPSA) is 72.7 Å². The molecule has 22 heavy (non-hydrogen) atoms. The molecule has 0 radical (unpaired) electrons. The summed E-state index contributed by atoms with van der Waals surface area (Å²) in [4.78, 5) is 15.8. The molecule has 0 saturated heterocycles. The largest absolute Gasteiger partial charge is 0.350 e. The summed E-state index contributed by atoms with van der Waals surface area (Å²) in [6.45, 7) is 0.412. The minimum Gasteiger partial charge on any atom is -0.350 e. The first kappa shape index (κ1) is 15.0. The number of hydrogen-bond donors (Lipinski definition) is 1. The minimum absolute atomic E-state index is 0.0651. The van der Waals surface area contributed by atoms with Gasteiger partial charge in [0.1, 0.15) is 5.69 Å².